The van der Waals surface area contributed by atoms with Crippen LogP contribution in [0.25, 0.3) is 106 Å². The van der Waals surface area contributed by atoms with Crippen LogP contribution in [0.1, 0.15) is 0 Å². The lowest BCUT2D eigenvalue weighted by Gasteiger charge is -2.34. The van der Waals surface area contributed by atoms with E-state index in [2.05, 4.69) is 277 Å². The molecular formula is C66H43N9Si. The quantitative estimate of drug-likeness (QED) is 0.112. The Morgan fingerprint density at radius 1 is 0.276 bits per heavy atom. The number of hydrogen-bond donors (Lipinski definition) is 0. The Kier molecular flexibility index (Phi) is 9.15. The van der Waals surface area contributed by atoms with Gasteiger partial charge in [-0.1, -0.05) is 182 Å². The van der Waals surface area contributed by atoms with Crippen molar-refractivity contribution in [3.8, 4) is 28.7 Å². The van der Waals surface area contributed by atoms with Crippen LogP contribution in [0.4, 0.5) is 0 Å². The first-order valence-corrected chi connectivity index (χ1v) is 27.6. The van der Waals surface area contributed by atoms with Crippen molar-refractivity contribution in [3.05, 3.63) is 261 Å². The molecule has 0 bridgehead atoms. The van der Waals surface area contributed by atoms with Gasteiger partial charge in [0.1, 0.15) is 11.6 Å². The molecule has 0 aliphatic rings. The van der Waals surface area contributed by atoms with Crippen molar-refractivity contribution < 1.29 is 0 Å². The summed E-state index contributed by atoms with van der Waals surface area (Å²) in [5, 5.41) is 7.59. The number of rotatable bonds is 8. The molecule has 0 atom stereocenters. The van der Waals surface area contributed by atoms with Crippen LogP contribution in [0, 0.1) is 0 Å². The minimum Gasteiger partial charge on any atom is -0.309 e. The highest BCUT2D eigenvalue weighted by molar-refractivity contribution is 7.20. The zero-order valence-corrected chi connectivity index (χ0v) is 41.9. The van der Waals surface area contributed by atoms with Gasteiger partial charge in [-0.3, -0.25) is 17.9 Å². The van der Waals surface area contributed by atoms with E-state index in [0.717, 1.165) is 78.0 Å². The number of aromatic nitrogens is 9. The Bertz CT molecular complexity index is 4800. The second kappa shape index (κ2) is 16.4. The number of imidazole rings is 4. The van der Waals surface area contributed by atoms with Gasteiger partial charge < -0.3 is 4.57 Å². The van der Waals surface area contributed by atoms with Crippen molar-refractivity contribution in [2.75, 3.05) is 0 Å². The molecule has 0 unspecified atom stereocenters. The molecule has 0 saturated carbocycles. The summed E-state index contributed by atoms with van der Waals surface area (Å²) in [5.74, 6) is 3.44. The number of nitrogens with zero attached hydrogens (tertiary/aromatic N) is 9. The van der Waals surface area contributed by atoms with E-state index in [4.69, 9.17) is 19.9 Å². The summed E-state index contributed by atoms with van der Waals surface area (Å²) < 4.78 is 11.3. The first-order valence-electron chi connectivity index (χ1n) is 25.6. The van der Waals surface area contributed by atoms with Crippen LogP contribution in [0.5, 0.6) is 0 Å². The fourth-order valence-corrected chi connectivity index (χ4v) is 17.0. The highest BCUT2D eigenvalue weighted by atomic mass is 28.3. The molecule has 0 aliphatic heterocycles. The monoisotopic (exact) mass is 989 g/mol. The average Bonchev–Trinajstić information content (AvgIpc) is 4.37. The molecular weight excluding hydrogens is 947 g/mol. The standard InChI is InChI=1S/C66H43N9Si/c1-4-23-46(24-5-1)76(47-25-6-2-7-26-47,48-27-8-3-9-28-48)49-39-40-60-61(42-49)73-57-36-17-13-32-53(57)68-66(73)75(60)63-43-62(74-59-38-19-18-37-58(59)72-56-35-16-12-31-52(56)67-65(72)74)69-64(70-63)44-21-20-22-45(41-44)71-54-33-14-10-29-50(54)51-30-11-15-34-55(51)71/h1-43H. The van der Waals surface area contributed by atoms with Crippen molar-refractivity contribution in [3.63, 3.8) is 0 Å². The van der Waals surface area contributed by atoms with E-state index in [-0.39, 0.29) is 0 Å². The van der Waals surface area contributed by atoms with Crippen molar-refractivity contribution in [2.24, 2.45) is 0 Å². The third-order valence-corrected chi connectivity index (χ3v) is 20.2. The first-order chi connectivity index (χ1) is 37.7. The Morgan fingerprint density at radius 3 is 1.28 bits per heavy atom. The molecule has 0 aliphatic carbocycles. The average molecular weight is 990 g/mol. The van der Waals surface area contributed by atoms with Crippen molar-refractivity contribution in [1.29, 1.82) is 0 Å². The van der Waals surface area contributed by atoms with Gasteiger partial charge in [0.15, 0.2) is 13.9 Å². The first kappa shape index (κ1) is 42.4. The van der Waals surface area contributed by atoms with Gasteiger partial charge in [0.05, 0.1) is 55.2 Å². The lowest BCUT2D eigenvalue weighted by Crippen LogP contribution is -2.74. The SMILES string of the molecule is c1ccc([Si](c2ccccc2)(c2ccccc2)c2ccc3c(c2)n2c4ccccc4nc2n3-c2cc(-n3c4ccccc4n4c5ccccc5nc34)nc(-c3cccc(-n4c5ccccc5c5ccccc54)c3)n2)cc1. The Hall–Kier alpha value is -10.2. The summed E-state index contributed by atoms with van der Waals surface area (Å²) >= 11 is 0. The summed E-state index contributed by atoms with van der Waals surface area (Å²) in [4.78, 5) is 22.0. The normalized spacial score (nSPS) is 12.2. The molecule has 16 rings (SSSR count). The van der Waals surface area contributed by atoms with Gasteiger partial charge in [-0.2, -0.15) is 0 Å². The molecule has 0 N–H and O–H groups in total. The largest absolute Gasteiger partial charge is 0.309 e. The Balaban J connectivity index is 1.00. The summed E-state index contributed by atoms with van der Waals surface area (Å²) in [7, 11) is -2.93. The van der Waals surface area contributed by atoms with Crippen LogP contribution in [0.2, 0.25) is 0 Å². The highest BCUT2D eigenvalue weighted by Crippen LogP contribution is 2.36. The van der Waals surface area contributed by atoms with E-state index in [1.54, 1.807) is 0 Å². The van der Waals surface area contributed by atoms with Crippen molar-refractivity contribution in [1.82, 2.24) is 42.4 Å². The molecule has 6 aromatic heterocycles. The summed E-state index contributed by atoms with van der Waals surface area (Å²) in [6, 6.07) is 93.6. The van der Waals surface area contributed by atoms with E-state index in [1.165, 1.54) is 31.5 Å². The fourth-order valence-electron chi connectivity index (χ4n) is 12.3. The molecule has 16 aromatic rings. The third kappa shape index (κ3) is 6.07. The van der Waals surface area contributed by atoms with E-state index >= 15 is 0 Å². The van der Waals surface area contributed by atoms with Crippen LogP contribution >= 0.6 is 0 Å². The van der Waals surface area contributed by atoms with Gasteiger partial charge in [-0.25, -0.2) is 19.9 Å². The second-order valence-corrected chi connectivity index (χ2v) is 23.3. The minimum absolute atomic E-state index is 0.568. The molecule has 10 aromatic carbocycles. The molecule has 0 amide bonds. The second-order valence-electron chi connectivity index (χ2n) is 19.5. The van der Waals surface area contributed by atoms with Gasteiger partial charge >= 0.3 is 0 Å². The predicted molar refractivity (Wildman–Crippen MR) is 312 cm³/mol. The Labute approximate surface area is 436 Å². The zero-order chi connectivity index (χ0) is 49.9. The maximum absolute atomic E-state index is 5.65. The van der Waals surface area contributed by atoms with Gasteiger partial charge in [0.2, 0.25) is 11.6 Å². The maximum Gasteiger partial charge on any atom is 0.221 e. The van der Waals surface area contributed by atoms with Crippen LogP contribution in [-0.4, -0.2) is 50.5 Å². The fraction of sp³-hybridized carbons (Fsp3) is 0. The Morgan fingerprint density at radius 2 is 0.724 bits per heavy atom. The number of benzene rings is 10. The highest BCUT2D eigenvalue weighted by Gasteiger charge is 2.42. The predicted octanol–water partition coefficient (Wildman–Crippen LogP) is 12.1. The number of para-hydroxylation sites is 8. The van der Waals surface area contributed by atoms with Crippen LogP contribution in [0.3, 0.4) is 0 Å². The molecule has 9 nitrogen and oxygen atoms in total. The summed E-state index contributed by atoms with van der Waals surface area (Å²) in [6.07, 6.45) is 0. The molecule has 6 heterocycles. The summed E-state index contributed by atoms with van der Waals surface area (Å²) in [6.45, 7) is 0. The molecule has 0 radical (unpaired) electrons. The van der Waals surface area contributed by atoms with Gasteiger partial charge in [-0.05, 0) is 93.5 Å². The van der Waals surface area contributed by atoms with E-state index in [0.29, 0.717) is 17.5 Å². The molecule has 0 spiro atoms. The lowest BCUT2D eigenvalue weighted by molar-refractivity contribution is 0.969. The van der Waals surface area contributed by atoms with Gasteiger partial charge in [0, 0.05) is 28.1 Å². The number of fused-ring (bicyclic) bond motifs is 13. The maximum atomic E-state index is 5.65. The molecule has 10 heteroatoms. The van der Waals surface area contributed by atoms with Gasteiger partial charge in [-0.15, -0.1) is 0 Å². The molecule has 0 fully saturated rings. The minimum atomic E-state index is -2.93. The summed E-state index contributed by atoms with van der Waals surface area (Å²) in [5.41, 5.74) is 12.0. The van der Waals surface area contributed by atoms with Crippen LogP contribution in [0.15, 0.2) is 261 Å². The van der Waals surface area contributed by atoms with E-state index in [9.17, 15) is 0 Å². The smallest absolute Gasteiger partial charge is 0.221 e. The molecule has 356 valence electrons. The van der Waals surface area contributed by atoms with Crippen LogP contribution < -0.4 is 20.7 Å². The van der Waals surface area contributed by atoms with E-state index in [1.807, 2.05) is 6.07 Å². The van der Waals surface area contributed by atoms with Crippen LogP contribution in [-0.2, 0) is 0 Å². The third-order valence-electron chi connectivity index (χ3n) is 15.5. The number of hydrogen-bond acceptors (Lipinski definition) is 4. The lowest BCUT2D eigenvalue weighted by atomic mass is 10.1. The van der Waals surface area contributed by atoms with Crippen molar-refractivity contribution in [2.45, 2.75) is 0 Å². The van der Waals surface area contributed by atoms with Gasteiger partial charge in [0.25, 0.3) is 0 Å². The molecule has 76 heavy (non-hydrogen) atoms. The van der Waals surface area contributed by atoms with Crippen molar-refractivity contribution >= 4 is 106 Å². The zero-order valence-electron chi connectivity index (χ0n) is 40.9. The topological polar surface area (TPSA) is 75.2 Å². The van der Waals surface area contributed by atoms with E-state index < -0.39 is 8.07 Å². The molecule has 0 saturated heterocycles.